The third-order valence-corrected chi connectivity index (χ3v) is 4.04. The summed E-state index contributed by atoms with van der Waals surface area (Å²) < 4.78 is 5.31. The van der Waals surface area contributed by atoms with E-state index >= 15 is 0 Å². The fraction of sp³-hybridized carbons (Fsp3) is 0.190. The van der Waals surface area contributed by atoms with Gasteiger partial charge in [0.05, 0.1) is 0 Å². The van der Waals surface area contributed by atoms with E-state index in [0.29, 0.717) is 11.7 Å². The van der Waals surface area contributed by atoms with E-state index in [-0.39, 0.29) is 11.9 Å². The maximum atomic E-state index is 12.1. The third kappa shape index (κ3) is 4.82. The Bertz CT molecular complexity index is 915. The monoisotopic (exact) mass is 362 g/mol. The lowest BCUT2D eigenvalue weighted by molar-refractivity contribution is -0.117. The molecule has 3 rings (SSSR count). The second-order valence-electron chi connectivity index (χ2n) is 6.37. The molecular weight excluding hydrogens is 340 g/mol. The van der Waals surface area contributed by atoms with Crippen molar-refractivity contribution in [3.63, 3.8) is 0 Å². The average Bonchev–Trinajstić information content (AvgIpc) is 3.18. The van der Waals surface area contributed by atoms with Crippen molar-refractivity contribution in [3.8, 4) is 11.4 Å². The van der Waals surface area contributed by atoms with Crippen LogP contribution in [-0.2, 0) is 4.79 Å². The van der Waals surface area contributed by atoms with E-state index in [2.05, 4.69) is 15.5 Å². The van der Waals surface area contributed by atoms with Gasteiger partial charge < -0.3 is 14.7 Å². The topological polar surface area (TPSA) is 71.3 Å². The Morgan fingerprint density at radius 2 is 1.81 bits per heavy atom. The van der Waals surface area contributed by atoms with Gasteiger partial charge in [-0.05, 0) is 42.8 Å². The van der Waals surface area contributed by atoms with Gasteiger partial charge >= 0.3 is 0 Å². The minimum absolute atomic E-state index is 0.221. The van der Waals surface area contributed by atoms with Gasteiger partial charge in [-0.15, -0.1) is 0 Å². The van der Waals surface area contributed by atoms with Crippen molar-refractivity contribution in [2.45, 2.75) is 13.0 Å². The van der Waals surface area contributed by atoms with Crippen LogP contribution in [0.25, 0.3) is 17.5 Å². The smallest absolute Gasteiger partial charge is 0.249 e. The largest absolute Gasteiger partial charge is 0.378 e. The first kappa shape index (κ1) is 18.4. The molecule has 1 heterocycles. The Morgan fingerprint density at radius 3 is 2.48 bits per heavy atom. The van der Waals surface area contributed by atoms with Gasteiger partial charge in [0.2, 0.25) is 17.6 Å². The Morgan fingerprint density at radius 1 is 1.11 bits per heavy atom. The zero-order chi connectivity index (χ0) is 19.2. The lowest BCUT2D eigenvalue weighted by Crippen LogP contribution is -2.24. The fourth-order valence-corrected chi connectivity index (χ4v) is 2.50. The van der Waals surface area contributed by atoms with Crippen molar-refractivity contribution in [1.29, 1.82) is 0 Å². The van der Waals surface area contributed by atoms with Gasteiger partial charge in [-0.2, -0.15) is 4.98 Å². The number of carbonyl (C=O) groups is 1. The number of amides is 1. The highest BCUT2D eigenvalue weighted by Crippen LogP contribution is 2.21. The molecule has 0 spiro atoms. The van der Waals surface area contributed by atoms with Gasteiger partial charge in [0.1, 0.15) is 6.04 Å². The van der Waals surface area contributed by atoms with E-state index in [9.17, 15) is 4.79 Å². The Hall–Kier alpha value is -3.41. The number of rotatable bonds is 6. The lowest BCUT2D eigenvalue weighted by Gasteiger charge is -2.11. The van der Waals surface area contributed by atoms with E-state index in [1.165, 1.54) is 6.08 Å². The number of nitrogens with one attached hydrogen (secondary N) is 1. The third-order valence-electron chi connectivity index (χ3n) is 4.04. The predicted molar refractivity (Wildman–Crippen MR) is 106 cm³/mol. The molecular formula is C21H22N4O2. The van der Waals surface area contributed by atoms with Crippen LogP contribution in [-0.4, -0.2) is 30.1 Å². The number of anilines is 1. The van der Waals surface area contributed by atoms with E-state index in [1.807, 2.05) is 73.6 Å². The number of aromatic nitrogens is 2. The summed E-state index contributed by atoms with van der Waals surface area (Å²) in [5, 5.41) is 6.84. The second kappa shape index (κ2) is 8.31. The predicted octanol–water partition coefficient (Wildman–Crippen LogP) is 3.69. The molecule has 0 fully saturated rings. The minimum Gasteiger partial charge on any atom is -0.378 e. The highest BCUT2D eigenvalue weighted by Gasteiger charge is 2.16. The molecule has 1 aromatic heterocycles. The first-order chi connectivity index (χ1) is 13.0. The van der Waals surface area contributed by atoms with Gasteiger partial charge in [0, 0.05) is 31.4 Å². The minimum atomic E-state index is -0.389. The van der Waals surface area contributed by atoms with Crippen LogP contribution in [0.15, 0.2) is 65.2 Å². The summed E-state index contributed by atoms with van der Waals surface area (Å²) in [7, 11) is 3.97. The number of carbonyl (C=O) groups excluding carboxylic acids is 1. The van der Waals surface area contributed by atoms with E-state index < -0.39 is 0 Å². The van der Waals surface area contributed by atoms with Crippen molar-refractivity contribution in [1.82, 2.24) is 15.5 Å². The van der Waals surface area contributed by atoms with Gasteiger partial charge in [-0.1, -0.05) is 35.5 Å². The molecule has 0 bridgehead atoms. The molecule has 3 aromatic rings. The molecule has 0 aliphatic rings. The van der Waals surface area contributed by atoms with Crippen molar-refractivity contribution < 1.29 is 9.32 Å². The first-order valence-electron chi connectivity index (χ1n) is 8.68. The molecule has 2 aromatic carbocycles. The van der Waals surface area contributed by atoms with Crippen molar-refractivity contribution in [2.75, 3.05) is 19.0 Å². The van der Waals surface area contributed by atoms with Crippen LogP contribution in [0.3, 0.4) is 0 Å². The molecule has 27 heavy (non-hydrogen) atoms. The molecule has 6 nitrogen and oxygen atoms in total. The van der Waals surface area contributed by atoms with E-state index in [4.69, 9.17) is 4.52 Å². The van der Waals surface area contributed by atoms with Crippen molar-refractivity contribution in [3.05, 3.63) is 72.1 Å². The zero-order valence-corrected chi connectivity index (χ0v) is 15.6. The summed E-state index contributed by atoms with van der Waals surface area (Å²) in [5.74, 6) is 0.640. The summed E-state index contributed by atoms with van der Waals surface area (Å²) in [6.07, 6.45) is 3.25. The maximum absolute atomic E-state index is 12.1. The first-order valence-corrected chi connectivity index (χ1v) is 8.68. The molecule has 0 radical (unpaired) electrons. The van der Waals surface area contributed by atoms with Crippen LogP contribution in [0, 0.1) is 0 Å². The number of hydrogen-bond donors (Lipinski definition) is 1. The van der Waals surface area contributed by atoms with Crippen LogP contribution < -0.4 is 10.2 Å². The van der Waals surface area contributed by atoms with Gasteiger partial charge in [0.25, 0.3) is 0 Å². The van der Waals surface area contributed by atoms with Crippen LogP contribution in [0.2, 0.25) is 0 Å². The fourth-order valence-electron chi connectivity index (χ4n) is 2.50. The summed E-state index contributed by atoms with van der Waals surface area (Å²) in [6.45, 7) is 1.81. The number of nitrogens with zero attached hydrogens (tertiary/aromatic N) is 3. The molecule has 1 atom stereocenters. The Labute approximate surface area is 158 Å². The SMILES string of the molecule is CC(NC(=O)C=Cc1ccccc1)c1nc(-c2ccc(N(C)C)cc2)no1. The number of benzene rings is 2. The van der Waals surface area contributed by atoms with Crippen LogP contribution in [0.1, 0.15) is 24.4 Å². The van der Waals surface area contributed by atoms with Crippen molar-refractivity contribution in [2.24, 2.45) is 0 Å². The molecule has 138 valence electrons. The molecule has 1 unspecified atom stereocenters. The molecule has 0 aliphatic heterocycles. The summed E-state index contributed by atoms with van der Waals surface area (Å²) in [5.41, 5.74) is 2.91. The molecule has 0 saturated heterocycles. The molecule has 1 amide bonds. The Balaban J connectivity index is 1.63. The highest BCUT2D eigenvalue weighted by atomic mass is 16.5. The van der Waals surface area contributed by atoms with Gasteiger partial charge in [-0.3, -0.25) is 4.79 Å². The molecule has 0 aliphatic carbocycles. The lowest BCUT2D eigenvalue weighted by atomic mass is 10.2. The van der Waals surface area contributed by atoms with Crippen LogP contribution in [0.5, 0.6) is 0 Å². The van der Waals surface area contributed by atoms with E-state index in [0.717, 1.165) is 16.8 Å². The van der Waals surface area contributed by atoms with E-state index in [1.54, 1.807) is 13.0 Å². The summed E-state index contributed by atoms with van der Waals surface area (Å²) >= 11 is 0. The summed E-state index contributed by atoms with van der Waals surface area (Å²) in [4.78, 5) is 18.5. The van der Waals surface area contributed by atoms with Gasteiger partial charge in [0.15, 0.2) is 0 Å². The zero-order valence-electron chi connectivity index (χ0n) is 15.6. The quantitative estimate of drug-likeness (QED) is 0.677. The average molecular weight is 362 g/mol. The molecule has 0 saturated carbocycles. The maximum Gasteiger partial charge on any atom is 0.249 e. The van der Waals surface area contributed by atoms with Crippen LogP contribution >= 0.6 is 0 Å². The van der Waals surface area contributed by atoms with Crippen LogP contribution in [0.4, 0.5) is 5.69 Å². The normalized spacial score (nSPS) is 12.1. The summed E-state index contributed by atoms with van der Waals surface area (Å²) in [6, 6.07) is 17.1. The van der Waals surface area contributed by atoms with Gasteiger partial charge in [-0.25, -0.2) is 0 Å². The standard InChI is InChI=1S/C21H22N4O2/c1-15(22-19(26)14-9-16-7-5-4-6-8-16)21-23-20(24-27-21)17-10-12-18(13-11-17)25(2)3/h4-15H,1-3H3,(H,22,26). The molecule has 1 N–H and O–H groups in total. The highest BCUT2D eigenvalue weighted by molar-refractivity contribution is 5.91. The second-order valence-corrected chi connectivity index (χ2v) is 6.37. The van der Waals surface area contributed by atoms with Crippen molar-refractivity contribution >= 4 is 17.7 Å². The Kier molecular flexibility index (Phi) is 5.66. The molecule has 6 heteroatoms. The number of hydrogen-bond acceptors (Lipinski definition) is 5.